The molecular formula is C44H39N7Si3. The molecule has 0 fully saturated rings. The lowest BCUT2D eigenvalue weighted by atomic mass is 9.97. The normalized spacial score (nSPS) is 17.3. The van der Waals surface area contributed by atoms with Gasteiger partial charge in [0.05, 0.1) is 53.3 Å². The number of fused-ring (bicyclic) bond motifs is 5. The average molecular weight is 753 g/mol. The molecule has 0 saturated heterocycles. The Morgan fingerprint density at radius 2 is 0.907 bits per heavy atom. The molecule has 3 aliphatic heterocycles. The SMILES string of the molecule is [2H]c1cc(N(c2ccc([2H])c3c2=N[Si](C)(C)N=3)c2cc([2H])c(-c3ccc4cc5ccccc5cc4c3)c3c2=N[Si](C)(C)N=3)c2c(c1-c1ccccc1)=N[Si](C)(C)N=2. The highest BCUT2D eigenvalue weighted by atomic mass is 28.4. The zero-order valence-electron chi connectivity index (χ0n) is 34.0. The molecule has 3 heterocycles. The van der Waals surface area contributed by atoms with Crippen molar-refractivity contribution in [3.8, 4) is 22.3 Å². The van der Waals surface area contributed by atoms with E-state index in [9.17, 15) is 2.74 Å². The molecule has 0 bridgehead atoms. The summed E-state index contributed by atoms with van der Waals surface area (Å²) < 4.78 is 59.9. The average Bonchev–Trinajstić information content (AvgIpc) is 3.79. The van der Waals surface area contributed by atoms with Gasteiger partial charge in [0.2, 0.25) is 0 Å². The lowest BCUT2D eigenvalue weighted by Crippen LogP contribution is -2.38. The zero-order valence-corrected chi connectivity index (χ0v) is 34.0. The second-order valence-electron chi connectivity index (χ2n) is 15.7. The Hall–Kier alpha value is -5.69. The molecule has 262 valence electrons. The third-order valence-corrected chi connectivity index (χ3v) is 14.8. The summed E-state index contributed by atoms with van der Waals surface area (Å²) in [4.78, 5) is 2.07. The first-order valence-electron chi connectivity index (χ1n) is 19.8. The molecule has 54 heavy (non-hydrogen) atoms. The van der Waals surface area contributed by atoms with Crippen molar-refractivity contribution in [3.05, 3.63) is 159 Å². The van der Waals surface area contributed by atoms with Crippen LogP contribution in [0.25, 0.3) is 43.8 Å². The van der Waals surface area contributed by atoms with E-state index in [-0.39, 0.29) is 0 Å². The van der Waals surface area contributed by atoms with Gasteiger partial charge in [-0.3, -0.25) is 27.9 Å². The molecule has 0 radical (unpaired) electrons. The van der Waals surface area contributed by atoms with Crippen molar-refractivity contribution < 1.29 is 4.11 Å². The molecule has 0 unspecified atom stereocenters. The van der Waals surface area contributed by atoms with Crippen molar-refractivity contribution in [2.75, 3.05) is 4.90 Å². The van der Waals surface area contributed by atoms with Crippen LogP contribution in [0.15, 0.2) is 155 Å². The van der Waals surface area contributed by atoms with Crippen LogP contribution in [0.5, 0.6) is 0 Å². The van der Waals surface area contributed by atoms with E-state index in [1.165, 1.54) is 5.39 Å². The summed E-state index contributed by atoms with van der Waals surface area (Å²) in [5.41, 5.74) is 5.32. The number of anilines is 3. The predicted molar refractivity (Wildman–Crippen MR) is 226 cm³/mol. The largest absolute Gasteiger partial charge is 0.304 e. The summed E-state index contributed by atoms with van der Waals surface area (Å²) in [5.74, 6) is 0. The molecule has 10 rings (SSSR count). The van der Waals surface area contributed by atoms with Crippen molar-refractivity contribution in [1.82, 2.24) is 0 Å². The van der Waals surface area contributed by atoms with Gasteiger partial charge in [0.1, 0.15) is 0 Å². The molecule has 7 nitrogen and oxygen atoms in total. The molecule has 0 aliphatic carbocycles. The van der Waals surface area contributed by atoms with Crippen LogP contribution in [0.1, 0.15) is 4.11 Å². The van der Waals surface area contributed by atoms with Crippen molar-refractivity contribution in [2.24, 2.45) is 27.9 Å². The van der Waals surface area contributed by atoms with E-state index < -0.39 is 25.2 Å². The quantitative estimate of drug-likeness (QED) is 0.132. The van der Waals surface area contributed by atoms with Gasteiger partial charge in [0.15, 0.2) is 0 Å². The standard InChI is InChI=1S/C44H39N7Si3/c1-52(2)45-36-17-12-18-37(42(36)48-52)51(38-23-21-34(28-13-8-7-9-14-28)40-43(38)49-53(3,4)46-40)39-24-22-35(41-44(39)50-54(5,6)47-41)32-20-19-31-25-29-15-10-11-16-30(29)26-33(31)27-32/h7-27H,1-6H3/i17D,21D,22D. The summed E-state index contributed by atoms with van der Waals surface area (Å²) in [7, 11) is -7.52. The highest BCUT2D eigenvalue weighted by Gasteiger charge is 2.32. The summed E-state index contributed by atoms with van der Waals surface area (Å²) >= 11 is 0. The molecule has 0 atom stereocenters. The summed E-state index contributed by atoms with van der Waals surface area (Å²) in [5, 5.41) is 8.57. The minimum Gasteiger partial charge on any atom is -0.304 e. The number of hydrogen-bond acceptors (Lipinski definition) is 7. The molecule has 7 aromatic rings. The van der Waals surface area contributed by atoms with Crippen LogP contribution in [0, 0.1) is 0 Å². The smallest absolute Gasteiger partial charge is 0.298 e. The van der Waals surface area contributed by atoms with Gasteiger partial charge in [-0.25, -0.2) is 0 Å². The van der Waals surface area contributed by atoms with Crippen molar-refractivity contribution in [3.63, 3.8) is 0 Å². The molecule has 0 N–H and O–H groups in total. The third-order valence-electron chi connectivity index (χ3n) is 10.1. The molecule has 0 saturated carbocycles. The molecule has 0 aromatic heterocycles. The summed E-state index contributed by atoms with van der Waals surface area (Å²) in [6, 6.07) is 37.5. The van der Waals surface area contributed by atoms with Crippen LogP contribution in [0.3, 0.4) is 0 Å². The Kier molecular flexibility index (Phi) is 6.42. The second-order valence-corrected chi connectivity index (χ2v) is 26.0. The van der Waals surface area contributed by atoms with E-state index in [1.54, 1.807) is 6.07 Å². The highest BCUT2D eigenvalue weighted by Crippen LogP contribution is 2.33. The topological polar surface area (TPSA) is 77.4 Å². The van der Waals surface area contributed by atoms with Gasteiger partial charge in [-0.2, -0.15) is 0 Å². The molecular weight excluding hydrogens is 711 g/mol. The van der Waals surface area contributed by atoms with E-state index in [0.717, 1.165) is 38.4 Å². The fourth-order valence-corrected chi connectivity index (χ4v) is 12.6. The summed E-state index contributed by atoms with van der Waals surface area (Å²) in [6.07, 6.45) is 0. The maximum atomic E-state index is 9.81. The number of nitrogens with zero attached hydrogens (tertiary/aromatic N) is 7. The lowest BCUT2D eigenvalue weighted by molar-refractivity contribution is 1.17. The Morgan fingerprint density at radius 3 is 1.56 bits per heavy atom. The first kappa shape index (κ1) is 29.7. The second kappa shape index (κ2) is 11.7. The minimum absolute atomic E-state index is 0.310. The van der Waals surface area contributed by atoms with Crippen LogP contribution >= 0.6 is 0 Å². The van der Waals surface area contributed by atoms with Crippen molar-refractivity contribution in [2.45, 2.75) is 39.3 Å². The summed E-state index contributed by atoms with van der Waals surface area (Å²) in [6.45, 7) is 12.6. The van der Waals surface area contributed by atoms with E-state index in [1.807, 2.05) is 48.5 Å². The van der Waals surface area contributed by atoms with Gasteiger partial charge in [-0.15, -0.1) is 0 Å². The van der Waals surface area contributed by atoms with Crippen LogP contribution in [0.4, 0.5) is 17.1 Å². The molecule has 0 spiro atoms. The van der Waals surface area contributed by atoms with Crippen molar-refractivity contribution >= 4 is 63.8 Å². The van der Waals surface area contributed by atoms with E-state index in [2.05, 4.69) is 98.8 Å². The van der Waals surface area contributed by atoms with E-state index in [0.29, 0.717) is 67.3 Å². The van der Waals surface area contributed by atoms with Gasteiger partial charge >= 0.3 is 0 Å². The monoisotopic (exact) mass is 752 g/mol. The van der Waals surface area contributed by atoms with Crippen LogP contribution in [0.2, 0.25) is 39.3 Å². The highest BCUT2D eigenvalue weighted by molar-refractivity contribution is 6.75. The Bertz CT molecular complexity index is 3340. The fraction of sp³-hybridized carbons (Fsp3) is 0.136. The molecule has 0 amide bonds. The van der Waals surface area contributed by atoms with Crippen LogP contribution in [-0.4, -0.2) is 25.2 Å². The van der Waals surface area contributed by atoms with Gasteiger partial charge < -0.3 is 4.90 Å². The Balaban J connectivity index is 1.30. The van der Waals surface area contributed by atoms with Gasteiger partial charge in [0.25, 0.3) is 25.2 Å². The van der Waals surface area contributed by atoms with Crippen molar-refractivity contribution in [1.29, 1.82) is 0 Å². The Labute approximate surface area is 320 Å². The van der Waals surface area contributed by atoms with Crippen LogP contribution < -0.4 is 37.0 Å². The molecule has 10 heteroatoms. The zero-order chi connectivity index (χ0) is 39.6. The van der Waals surface area contributed by atoms with E-state index in [4.69, 9.17) is 29.3 Å². The van der Waals surface area contributed by atoms with Crippen LogP contribution in [-0.2, 0) is 0 Å². The lowest BCUT2D eigenvalue weighted by Gasteiger charge is -2.26. The van der Waals surface area contributed by atoms with E-state index >= 15 is 0 Å². The maximum Gasteiger partial charge on any atom is 0.298 e. The fourth-order valence-electron chi connectivity index (χ4n) is 7.90. The Morgan fingerprint density at radius 1 is 0.407 bits per heavy atom. The number of rotatable bonds is 5. The minimum atomic E-state index is -2.56. The third kappa shape index (κ3) is 5.43. The predicted octanol–water partition coefficient (Wildman–Crippen LogP) is 7.66. The maximum absolute atomic E-state index is 9.81. The molecule has 7 aromatic carbocycles. The first-order valence-corrected chi connectivity index (χ1v) is 27.0. The van der Waals surface area contributed by atoms with Gasteiger partial charge in [0, 0.05) is 11.1 Å². The molecule has 3 aliphatic rings. The first-order chi connectivity index (χ1) is 27.2. The van der Waals surface area contributed by atoms with Gasteiger partial charge in [-0.1, -0.05) is 84.9 Å². The van der Waals surface area contributed by atoms with Gasteiger partial charge in [-0.05, 0) is 114 Å². The number of hydrogen-bond donors (Lipinski definition) is 0. The number of benzene rings is 7.